The van der Waals surface area contributed by atoms with Crippen LogP contribution in [0.25, 0.3) is 0 Å². The van der Waals surface area contributed by atoms with Crippen LogP contribution in [0.4, 0.5) is 11.8 Å². The first-order valence-corrected chi connectivity index (χ1v) is 9.34. The summed E-state index contributed by atoms with van der Waals surface area (Å²) in [4.78, 5) is 32.3. The van der Waals surface area contributed by atoms with E-state index in [1.807, 2.05) is 30.0 Å². The number of rotatable bonds is 3. The van der Waals surface area contributed by atoms with Gasteiger partial charge in [0, 0.05) is 57.2 Å². The molecule has 2 aromatic heterocycles. The molecule has 0 aromatic carbocycles. The molecule has 4 heterocycles. The SMILES string of the molecule is Cc1cc(N2CCOCC2)nc(N2CCN(C(=O)c3ccccn3)CC2)n1. The number of carbonyl (C=O) groups is 1. The number of hydrogen-bond acceptors (Lipinski definition) is 7. The molecule has 2 saturated heterocycles. The fourth-order valence-electron chi connectivity index (χ4n) is 3.39. The van der Waals surface area contributed by atoms with Crippen molar-refractivity contribution in [2.75, 3.05) is 62.3 Å². The predicted octanol–water partition coefficient (Wildman–Crippen LogP) is 0.979. The van der Waals surface area contributed by atoms with Crippen molar-refractivity contribution in [3.63, 3.8) is 0 Å². The zero-order valence-electron chi connectivity index (χ0n) is 15.5. The second-order valence-corrected chi connectivity index (χ2v) is 6.76. The number of amides is 1. The van der Waals surface area contributed by atoms with Gasteiger partial charge in [-0.2, -0.15) is 4.98 Å². The summed E-state index contributed by atoms with van der Waals surface area (Å²) in [6, 6.07) is 7.43. The van der Waals surface area contributed by atoms with E-state index in [1.165, 1.54) is 0 Å². The Morgan fingerprint density at radius 1 is 1.00 bits per heavy atom. The highest BCUT2D eigenvalue weighted by Gasteiger charge is 2.25. The van der Waals surface area contributed by atoms with Crippen LogP contribution in [0.15, 0.2) is 30.5 Å². The van der Waals surface area contributed by atoms with Crippen molar-refractivity contribution >= 4 is 17.7 Å². The molecule has 0 aliphatic carbocycles. The molecule has 4 rings (SSSR count). The summed E-state index contributed by atoms with van der Waals surface area (Å²) in [6.45, 7) is 7.86. The van der Waals surface area contributed by atoms with Gasteiger partial charge >= 0.3 is 0 Å². The molecule has 142 valence electrons. The standard InChI is InChI=1S/C19H24N6O2/c1-15-14-17(23-10-12-27-13-11-23)22-19(21-15)25-8-6-24(7-9-25)18(26)16-4-2-3-5-20-16/h2-5,14H,6-13H2,1H3. The first-order chi connectivity index (χ1) is 13.2. The maximum Gasteiger partial charge on any atom is 0.272 e. The van der Waals surface area contributed by atoms with Gasteiger partial charge in [-0.25, -0.2) is 4.98 Å². The van der Waals surface area contributed by atoms with E-state index in [9.17, 15) is 4.79 Å². The van der Waals surface area contributed by atoms with Gasteiger partial charge in [-0.15, -0.1) is 0 Å². The van der Waals surface area contributed by atoms with Crippen LogP contribution in [-0.4, -0.2) is 78.2 Å². The van der Waals surface area contributed by atoms with Gasteiger partial charge in [0.05, 0.1) is 13.2 Å². The third-order valence-electron chi connectivity index (χ3n) is 4.90. The predicted molar refractivity (Wildman–Crippen MR) is 102 cm³/mol. The first-order valence-electron chi connectivity index (χ1n) is 9.34. The lowest BCUT2D eigenvalue weighted by atomic mass is 10.2. The second kappa shape index (κ2) is 7.87. The molecular formula is C19H24N6O2. The van der Waals surface area contributed by atoms with Crippen LogP contribution in [-0.2, 0) is 4.74 Å². The summed E-state index contributed by atoms with van der Waals surface area (Å²) in [7, 11) is 0. The Kier molecular flexibility index (Phi) is 5.15. The molecule has 2 aliphatic rings. The van der Waals surface area contributed by atoms with Crippen LogP contribution in [0.5, 0.6) is 0 Å². The second-order valence-electron chi connectivity index (χ2n) is 6.76. The number of pyridine rings is 1. The quantitative estimate of drug-likeness (QED) is 0.799. The lowest BCUT2D eigenvalue weighted by Gasteiger charge is -2.35. The molecule has 0 unspecified atom stereocenters. The van der Waals surface area contributed by atoms with E-state index in [0.717, 1.165) is 43.8 Å². The maximum atomic E-state index is 12.6. The van der Waals surface area contributed by atoms with Crippen LogP contribution in [0.1, 0.15) is 16.2 Å². The van der Waals surface area contributed by atoms with Gasteiger partial charge in [0.1, 0.15) is 11.5 Å². The normalized spacial score (nSPS) is 17.9. The van der Waals surface area contributed by atoms with Crippen molar-refractivity contribution in [1.29, 1.82) is 0 Å². The van der Waals surface area contributed by atoms with E-state index < -0.39 is 0 Å². The molecule has 0 radical (unpaired) electrons. The van der Waals surface area contributed by atoms with Gasteiger partial charge in [0.2, 0.25) is 5.95 Å². The van der Waals surface area contributed by atoms with Gasteiger partial charge in [0.25, 0.3) is 5.91 Å². The molecule has 2 aromatic rings. The summed E-state index contributed by atoms with van der Waals surface area (Å²) >= 11 is 0. The summed E-state index contributed by atoms with van der Waals surface area (Å²) < 4.78 is 5.43. The van der Waals surface area contributed by atoms with E-state index in [0.29, 0.717) is 31.9 Å². The number of hydrogen-bond donors (Lipinski definition) is 0. The minimum Gasteiger partial charge on any atom is -0.378 e. The van der Waals surface area contributed by atoms with Crippen LogP contribution in [0, 0.1) is 6.92 Å². The average Bonchev–Trinajstić information content (AvgIpc) is 2.74. The summed E-state index contributed by atoms with van der Waals surface area (Å²) in [5.41, 5.74) is 1.45. The Bertz CT molecular complexity index is 786. The van der Waals surface area contributed by atoms with Crippen molar-refractivity contribution in [3.05, 3.63) is 41.9 Å². The summed E-state index contributed by atoms with van der Waals surface area (Å²) in [5, 5.41) is 0. The van der Waals surface area contributed by atoms with E-state index in [-0.39, 0.29) is 5.91 Å². The molecule has 8 nitrogen and oxygen atoms in total. The topological polar surface area (TPSA) is 74.7 Å². The number of morpholine rings is 1. The molecule has 8 heteroatoms. The Hall–Kier alpha value is -2.74. The molecule has 0 saturated carbocycles. The number of ether oxygens (including phenoxy) is 1. The van der Waals surface area contributed by atoms with Crippen LogP contribution in [0.2, 0.25) is 0 Å². The Balaban J connectivity index is 1.43. The van der Waals surface area contributed by atoms with Crippen molar-refractivity contribution in [1.82, 2.24) is 19.9 Å². The number of piperazine rings is 1. The smallest absolute Gasteiger partial charge is 0.272 e. The minimum absolute atomic E-state index is 0.0191. The van der Waals surface area contributed by atoms with Gasteiger partial charge in [-0.3, -0.25) is 9.78 Å². The van der Waals surface area contributed by atoms with Gasteiger partial charge in [-0.1, -0.05) is 6.07 Å². The molecule has 0 N–H and O–H groups in total. The minimum atomic E-state index is -0.0191. The zero-order valence-corrected chi connectivity index (χ0v) is 15.5. The Morgan fingerprint density at radius 3 is 2.48 bits per heavy atom. The summed E-state index contributed by atoms with van der Waals surface area (Å²) in [6.07, 6.45) is 1.65. The van der Waals surface area contributed by atoms with Gasteiger partial charge < -0.3 is 19.4 Å². The molecular weight excluding hydrogens is 344 g/mol. The Morgan fingerprint density at radius 2 is 1.78 bits per heavy atom. The monoisotopic (exact) mass is 368 g/mol. The molecule has 0 spiro atoms. The highest BCUT2D eigenvalue weighted by atomic mass is 16.5. The molecule has 2 fully saturated rings. The van der Waals surface area contributed by atoms with Gasteiger partial charge in [0.15, 0.2) is 0 Å². The third-order valence-corrected chi connectivity index (χ3v) is 4.90. The van der Waals surface area contributed by atoms with Gasteiger partial charge in [-0.05, 0) is 19.1 Å². The van der Waals surface area contributed by atoms with E-state index in [2.05, 4.69) is 19.8 Å². The third kappa shape index (κ3) is 4.00. The van der Waals surface area contributed by atoms with Crippen molar-refractivity contribution in [2.24, 2.45) is 0 Å². The highest BCUT2D eigenvalue weighted by Crippen LogP contribution is 2.20. The van der Waals surface area contributed by atoms with E-state index >= 15 is 0 Å². The fourth-order valence-corrected chi connectivity index (χ4v) is 3.39. The lowest BCUT2D eigenvalue weighted by molar-refractivity contribution is 0.0740. The first kappa shape index (κ1) is 17.7. The highest BCUT2D eigenvalue weighted by molar-refractivity contribution is 5.92. The maximum absolute atomic E-state index is 12.6. The molecule has 27 heavy (non-hydrogen) atoms. The zero-order chi connectivity index (χ0) is 18.6. The largest absolute Gasteiger partial charge is 0.378 e. The molecule has 2 aliphatic heterocycles. The van der Waals surface area contributed by atoms with Crippen LogP contribution in [0.3, 0.4) is 0 Å². The van der Waals surface area contributed by atoms with Crippen molar-refractivity contribution in [2.45, 2.75) is 6.92 Å². The van der Waals surface area contributed by atoms with Crippen molar-refractivity contribution < 1.29 is 9.53 Å². The van der Waals surface area contributed by atoms with Crippen molar-refractivity contribution in [3.8, 4) is 0 Å². The number of anilines is 2. The average molecular weight is 368 g/mol. The van der Waals surface area contributed by atoms with Crippen LogP contribution < -0.4 is 9.80 Å². The van der Waals surface area contributed by atoms with E-state index in [4.69, 9.17) is 9.72 Å². The number of carbonyl (C=O) groups excluding carboxylic acids is 1. The number of aromatic nitrogens is 3. The number of nitrogens with zero attached hydrogens (tertiary/aromatic N) is 6. The fraction of sp³-hybridized carbons (Fsp3) is 0.474. The lowest BCUT2D eigenvalue weighted by Crippen LogP contribution is -2.49. The van der Waals surface area contributed by atoms with Crippen LogP contribution >= 0.6 is 0 Å². The Labute approximate surface area is 158 Å². The number of aryl methyl sites for hydroxylation is 1. The molecule has 0 atom stereocenters. The molecule has 0 bridgehead atoms. The summed E-state index contributed by atoms with van der Waals surface area (Å²) in [5.74, 6) is 1.67. The van der Waals surface area contributed by atoms with E-state index in [1.54, 1.807) is 12.3 Å². The molecule has 1 amide bonds.